The Bertz CT molecular complexity index is 1020. The van der Waals surface area contributed by atoms with E-state index in [0.29, 0.717) is 18.8 Å². The molecule has 10 heteroatoms. The summed E-state index contributed by atoms with van der Waals surface area (Å²) in [5, 5.41) is 31.6. The van der Waals surface area contributed by atoms with Crippen LogP contribution >= 0.6 is 0 Å². The van der Waals surface area contributed by atoms with Crippen molar-refractivity contribution in [2.45, 2.75) is 83.0 Å². The lowest BCUT2D eigenvalue weighted by atomic mass is 9.85. The number of nitrogens with one attached hydrogen (secondary N) is 1. The van der Waals surface area contributed by atoms with E-state index >= 15 is 0 Å². The van der Waals surface area contributed by atoms with E-state index in [1.807, 2.05) is 39.1 Å². The van der Waals surface area contributed by atoms with Crippen molar-refractivity contribution < 1.29 is 19.8 Å². The summed E-state index contributed by atoms with van der Waals surface area (Å²) < 4.78 is 1.61. The van der Waals surface area contributed by atoms with Gasteiger partial charge in [0.05, 0.1) is 24.4 Å². The van der Waals surface area contributed by atoms with Crippen molar-refractivity contribution in [1.29, 1.82) is 0 Å². The normalized spacial score (nSPS) is 22.1. The molecule has 2 amide bonds. The van der Waals surface area contributed by atoms with Crippen molar-refractivity contribution in [2.24, 2.45) is 5.41 Å². The van der Waals surface area contributed by atoms with Crippen LogP contribution in [0.1, 0.15) is 69.7 Å². The number of pyridine rings is 1. The molecule has 0 aromatic carbocycles. The standard InChI is InChI=1S/C25H36N6O4/c1-25(2,3)22(31-14-20(28-29-31)17-5-6-17)24(35)30-13-19(33)12-21(30)23(34)27-18(15-32)7-4-16-8-10-26-11-9-16/h8-11,14,17-19,21-22,32-33H,4-7,12-13,15H2,1-3H3,(H,27,34)/t18?,19?,21?,22-/m0/s1. The molecule has 2 fully saturated rings. The van der Waals surface area contributed by atoms with Gasteiger partial charge in [-0.25, -0.2) is 4.68 Å². The summed E-state index contributed by atoms with van der Waals surface area (Å²) in [6.07, 6.45) is 8.00. The predicted molar refractivity (Wildman–Crippen MR) is 128 cm³/mol. The Morgan fingerprint density at radius 3 is 2.57 bits per heavy atom. The van der Waals surface area contributed by atoms with Crippen LogP contribution in [-0.4, -0.2) is 78.2 Å². The number of aryl methyl sites for hydroxylation is 1. The molecule has 2 aromatic heterocycles. The second-order valence-electron chi connectivity index (χ2n) is 10.8. The van der Waals surface area contributed by atoms with Crippen LogP contribution in [0.25, 0.3) is 0 Å². The topological polar surface area (TPSA) is 133 Å². The van der Waals surface area contributed by atoms with E-state index in [-0.39, 0.29) is 31.4 Å². The number of amides is 2. The lowest BCUT2D eigenvalue weighted by molar-refractivity contribution is -0.144. The lowest BCUT2D eigenvalue weighted by Crippen LogP contribution is -2.52. The molecule has 3 N–H and O–H groups in total. The first-order valence-electron chi connectivity index (χ1n) is 12.4. The van der Waals surface area contributed by atoms with Crippen molar-refractivity contribution in [2.75, 3.05) is 13.2 Å². The largest absolute Gasteiger partial charge is 0.394 e. The minimum atomic E-state index is -0.816. The van der Waals surface area contributed by atoms with Crippen molar-refractivity contribution in [1.82, 2.24) is 30.2 Å². The Labute approximate surface area is 205 Å². The number of hydrogen-bond donors (Lipinski definition) is 3. The summed E-state index contributed by atoms with van der Waals surface area (Å²) >= 11 is 0. The second-order valence-corrected chi connectivity index (χ2v) is 10.8. The molecule has 3 unspecified atom stereocenters. The van der Waals surface area contributed by atoms with Crippen LogP contribution in [0.5, 0.6) is 0 Å². The van der Waals surface area contributed by atoms with Gasteiger partial charge in [0.25, 0.3) is 0 Å². The lowest BCUT2D eigenvalue weighted by Gasteiger charge is -2.35. The molecule has 3 heterocycles. The van der Waals surface area contributed by atoms with Crippen LogP contribution < -0.4 is 5.32 Å². The fraction of sp³-hybridized carbons (Fsp3) is 0.640. The Kier molecular flexibility index (Phi) is 7.51. The highest BCUT2D eigenvalue weighted by atomic mass is 16.3. The molecule has 4 rings (SSSR count). The molecule has 0 radical (unpaired) electrons. The third kappa shape index (κ3) is 6.05. The van der Waals surface area contributed by atoms with Gasteiger partial charge in [0.2, 0.25) is 11.8 Å². The number of aliphatic hydroxyl groups excluding tert-OH is 2. The summed E-state index contributed by atoms with van der Waals surface area (Å²) in [4.78, 5) is 32.5. The Morgan fingerprint density at radius 1 is 1.23 bits per heavy atom. The van der Waals surface area contributed by atoms with E-state index in [1.165, 1.54) is 4.90 Å². The Balaban J connectivity index is 1.46. The molecular formula is C25H36N6O4. The summed E-state index contributed by atoms with van der Waals surface area (Å²) in [6, 6.07) is 1.86. The first kappa shape index (κ1) is 25.2. The zero-order chi connectivity index (χ0) is 25.2. The number of likely N-dealkylation sites (tertiary alicyclic amines) is 1. The van der Waals surface area contributed by atoms with Crippen LogP contribution in [0.3, 0.4) is 0 Å². The van der Waals surface area contributed by atoms with Gasteiger partial charge in [-0.15, -0.1) is 5.10 Å². The number of rotatable bonds is 9. The highest BCUT2D eigenvalue weighted by Gasteiger charge is 2.45. The first-order valence-corrected chi connectivity index (χ1v) is 12.4. The number of β-amino-alcohol motifs (C(OH)–C–C–N with tert-alkyl or cyclic N) is 1. The number of carbonyl (C=O) groups excluding carboxylic acids is 2. The first-order chi connectivity index (χ1) is 16.7. The van der Waals surface area contributed by atoms with Crippen LogP contribution in [0.15, 0.2) is 30.7 Å². The molecule has 35 heavy (non-hydrogen) atoms. The molecule has 2 aliphatic rings. The van der Waals surface area contributed by atoms with Gasteiger partial charge in [0, 0.05) is 37.5 Å². The van der Waals surface area contributed by atoms with E-state index in [1.54, 1.807) is 17.1 Å². The van der Waals surface area contributed by atoms with Gasteiger partial charge in [-0.1, -0.05) is 26.0 Å². The van der Waals surface area contributed by atoms with Crippen molar-refractivity contribution in [3.8, 4) is 0 Å². The monoisotopic (exact) mass is 484 g/mol. The number of aliphatic hydroxyl groups is 2. The van der Waals surface area contributed by atoms with Gasteiger partial charge in [0.15, 0.2) is 0 Å². The van der Waals surface area contributed by atoms with Crippen molar-refractivity contribution in [3.63, 3.8) is 0 Å². The fourth-order valence-electron chi connectivity index (χ4n) is 4.72. The smallest absolute Gasteiger partial charge is 0.248 e. The van der Waals surface area contributed by atoms with Gasteiger partial charge in [-0.05, 0) is 48.8 Å². The maximum absolute atomic E-state index is 13.8. The molecule has 10 nitrogen and oxygen atoms in total. The maximum atomic E-state index is 13.8. The maximum Gasteiger partial charge on any atom is 0.248 e. The Hall–Kier alpha value is -2.85. The van der Waals surface area contributed by atoms with Gasteiger partial charge in [0.1, 0.15) is 12.1 Å². The zero-order valence-electron chi connectivity index (χ0n) is 20.7. The second kappa shape index (κ2) is 10.4. The quantitative estimate of drug-likeness (QED) is 0.487. The third-order valence-electron chi connectivity index (χ3n) is 6.80. The predicted octanol–water partition coefficient (Wildman–Crippen LogP) is 1.21. The molecule has 1 aliphatic heterocycles. The minimum absolute atomic E-state index is 0.0779. The molecule has 4 atom stereocenters. The van der Waals surface area contributed by atoms with E-state index < -0.39 is 29.6 Å². The van der Waals surface area contributed by atoms with Gasteiger partial charge >= 0.3 is 0 Å². The van der Waals surface area contributed by atoms with Crippen molar-refractivity contribution >= 4 is 11.8 Å². The average molecular weight is 485 g/mol. The van der Waals surface area contributed by atoms with Crippen LogP contribution in [0.4, 0.5) is 0 Å². The summed E-state index contributed by atoms with van der Waals surface area (Å²) in [5.41, 5.74) is 1.47. The van der Waals surface area contributed by atoms with Crippen LogP contribution in [-0.2, 0) is 16.0 Å². The van der Waals surface area contributed by atoms with E-state index in [2.05, 4.69) is 20.6 Å². The highest BCUT2D eigenvalue weighted by Crippen LogP contribution is 2.40. The van der Waals surface area contributed by atoms with E-state index in [0.717, 1.165) is 24.1 Å². The molecular weight excluding hydrogens is 448 g/mol. The molecule has 1 saturated carbocycles. The fourth-order valence-corrected chi connectivity index (χ4v) is 4.72. The summed E-state index contributed by atoms with van der Waals surface area (Å²) in [5.74, 6) is -0.221. The molecule has 2 aromatic rings. The van der Waals surface area contributed by atoms with Gasteiger partial charge in [-0.2, -0.15) is 0 Å². The van der Waals surface area contributed by atoms with Crippen molar-refractivity contribution in [3.05, 3.63) is 42.0 Å². The zero-order valence-corrected chi connectivity index (χ0v) is 20.7. The minimum Gasteiger partial charge on any atom is -0.394 e. The van der Waals surface area contributed by atoms with Gasteiger partial charge in [-0.3, -0.25) is 14.6 Å². The number of aromatic nitrogens is 4. The SMILES string of the molecule is CC(C)(C)[C@H](C(=O)N1CC(O)CC1C(=O)NC(CO)CCc1ccncc1)n1cc(C2CC2)nn1. The van der Waals surface area contributed by atoms with Gasteiger partial charge < -0.3 is 20.4 Å². The molecule has 1 saturated heterocycles. The number of hydrogen-bond acceptors (Lipinski definition) is 7. The van der Waals surface area contributed by atoms with Crippen LogP contribution in [0.2, 0.25) is 0 Å². The Morgan fingerprint density at radius 2 is 1.94 bits per heavy atom. The number of carbonyl (C=O) groups is 2. The number of nitrogens with zero attached hydrogens (tertiary/aromatic N) is 5. The molecule has 0 spiro atoms. The third-order valence-corrected chi connectivity index (χ3v) is 6.80. The molecule has 0 bridgehead atoms. The highest BCUT2D eigenvalue weighted by molar-refractivity contribution is 5.90. The van der Waals surface area contributed by atoms with E-state index in [4.69, 9.17) is 0 Å². The summed E-state index contributed by atoms with van der Waals surface area (Å²) in [7, 11) is 0. The average Bonchev–Trinajstić information content (AvgIpc) is 3.43. The van der Waals surface area contributed by atoms with Crippen LogP contribution in [0, 0.1) is 5.41 Å². The molecule has 1 aliphatic carbocycles. The summed E-state index contributed by atoms with van der Waals surface area (Å²) in [6.45, 7) is 5.73. The van der Waals surface area contributed by atoms with E-state index in [9.17, 15) is 19.8 Å². The molecule has 190 valence electrons.